The summed E-state index contributed by atoms with van der Waals surface area (Å²) in [5.74, 6) is -0.908. The first kappa shape index (κ1) is 14.2. The van der Waals surface area contributed by atoms with Crippen molar-refractivity contribution >= 4 is 18.4 Å². The lowest BCUT2D eigenvalue weighted by Gasteiger charge is -2.04. The molecule has 0 amide bonds. The summed E-state index contributed by atoms with van der Waals surface area (Å²) >= 11 is 0. The third-order valence-electron chi connectivity index (χ3n) is 1.51. The summed E-state index contributed by atoms with van der Waals surface area (Å²) in [4.78, 5) is 10.2. The Balaban J connectivity index is 0. The van der Waals surface area contributed by atoms with Crippen LogP contribution in [-0.4, -0.2) is 30.7 Å². The van der Waals surface area contributed by atoms with Gasteiger partial charge in [0.15, 0.2) is 0 Å². The molecule has 0 spiro atoms. The van der Waals surface area contributed by atoms with Gasteiger partial charge in [-0.05, 0) is 26.4 Å². The fraction of sp³-hybridized carbons (Fsp3) is 0.857. The van der Waals surface area contributed by atoms with E-state index >= 15 is 0 Å². The molecule has 1 unspecified atom stereocenters. The Kier molecular flexibility index (Phi) is 10.4. The van der Waals surface area contributed by atoms with Gasteiger partial charge < -0.3 is 16.2 Å². The van der Waals surface area contributed by atoms with E-state index in [1.807, 2.05) is 7.05 Å². The number of rotatable bonds is 6. The minimum absolute atomic E-state index is 0. The van der Waals surface area contributed by atoms with E-state index in [1.54, 1.807) is 0 Å². The zero-order valence-corrected chi connectivity index (χ0v) is 8.06. The number of nitrogens with two attached hydrogens (primary N) is 1. The molecule has 0 aromatic carbocycles. The van der Waals surface area contributed by atoms with E-state index in [2.05, 4.69) is 5.32 Å². The molecule has 0 rings (SSSR count). The highest BCUT2D eigenvalue weighted by molar-refractivity contribution is 5.85. The first-order chi connectivity index (χ1) is 5.18. The summed E-state index contributed by atoms with van der Waals surface area (Å²) < 4.78 is 0. The van der Waals surface area contributed by atoms with E-state index in [9.17, 15) is 4.79 Å². The fourth-order valence-electron chi connectivity index (χ4n) is 0.790. The molecule has 12 heavy (non-hydrogen) atoms. The molecule has 0 aliphatic rings. The van der Waals surface area contributed by atoms with Crippen molar-refractivity contribution in [3.8, 4) is 0 Å². The number of hydrogen-bond donors (Lipinski definition) is 3. The molecule has 0 heterocycles. The number of carbonyl (C=O) groups is 1. The highest BCUT2D eigenvalue weighted by atomic mass is 35.5. The van der Waals surface area contributed by atoms with E-state index in [0.717, 1.165) is 19.4 Å². The van der Waals surface area contributed by atoms with Gasteiger partial charge in [0.2, 0.25) is 0 Å². The van der Waals surface area contributed by atoms with Crippen LogP contribution < -0.4 is 11.1 Å². The lowest BCUT2D eigenvalue weighted by atomic mass is 10.1. The van der Waals surface area contributed by atoms with E-state index in [0.29, 0.717) is 6.42 Å². The molecule has 4 N–H and O–H groups in total. The van der Waals surface area contributed by atoms with Gasteiger partial charge in [0.05, 0.1) is 0 Å². The number of halogens is 1. The Bertz CT molecular complexity index is 122. The average molecular weight is 197 g/mol. The molecule has 0 aliphatic carbocycles. The van der Waals surface area contributed by atoms with Crippen LogP contribution in [-0.2, 0) is 4.79 Å². The van der Waals surface area contributed by atoms with Crippen molar-refractivity contribution < 1.29 is 9.90 Å². The molecule has 0 aromatic heterocycles. The fourth-order valence-corrected chi connectivity index (χ4v) is 0.790. The summed E-state index contributed by atoms with van der Waals surface area (Å²) in [5, 5.41) is 11.4. The van der Waals surface area contributed by atoms with Gasteiger partial charge in [0.1, 0.15) is 6.04 Å². The van der Waals surface area contributed by atoms with Crippen LogP contribution in [0.2, 0.25) is 0 Å². The molecular weight excluding hydrogens is 180 g/mol. The van der Waals surface area contributed by atoms with Crippen LogP contribution in [0.25, 0.3) is 0 Å². The maximum absolute atomic E-state index is 10.2. The average Bonchev–Trinajstić information content (AvgIpc) is 1.97. The third kappa shape index (κ3) is 7.78. The third-order valence-corrected chi connectivity index (χ3v) is 1.51. The van der Waals surface area contributed by atoms with E-state index in [1.165, 1.54) is 0 Å². The Hall–Kier alpha value is -0.320. The van der Waals surface area contributed by atoms with Crippen molar-refractivity contribution in [1.29, 1.82) is 0 Å². The zero-order chi connectivity index (χ0) is 8.69. The molecule has 0 saturated carbocycles. The van der Waals surface area contributed by atoms with Crippen LogP contribution in [0.3, 0.4) is 0 Å². The maximum atomic E-state index is 10.2. The largest absolute Gasteiger partial charge is 0.480 e. The highest BCUT2D eigenvalue weighted by Crippen LogP contribution is 1.97. The number of aliphatic carboxylic acids is 1. The van der Waals surface area contributed by atoms with Crippen LogP contribution >= 0.6 is 12.4 Å². The smallest absolute Gasteiger partial charge is 0.320 e. The Morgan fingerprint density at radius 3 is 2.58 bits per heavy atom. The van der Waals surface area contributed by atoms with E-state index in [-0.39, 0.29) is 12.4 Å². The van der Waals surface area contributed by atoms with Crippen molar-refractivity contribution in [2.24, 2.45) is 5.73 Å². The Morgan fingerprint density at radius 2 is 2.17 bits per heavy atom. The molecule has 0 radical (unpaired) electrons. The molecular formula is C7H17ClN2O2. The molecule has 0 bridgehead atoms. The summed E-state index contributed by atoms with van der Waals surface area (Å²) in [6.45, 7) is 0.923. The molecule has 0 fully saturated rings. The second-order valence-electron chi connectivity index (χ2n) is 2.54. The number of unbranched alkanes of at least 4 members (excludes halogenated alkanes) is 1. The van der Waals surface area contributed by atoms with Gasteiger partial charge in [-0.2, -0.15) is 0 Å². The number of hydrogen-bond acceptors (Lipinski definition) is 3. The van der Waals surface area contributed by atoms with Crippen molar-refractivity contribution in [2.75, 3.05) is 13.6 Å². The van der Waals surface area contributed by atoms with Crippen molar-refractivity contribution in [2.45, 2.75) is 25.3 Å². The summed E-state index contributed by atoms with van der Waals surface area (Å²) in [6, 6.07) is -0.688. The van der Waals surface area contributed by atoms with Gasteiger partial charge in [0.25, 0.3) is 0 Å². The van der Waals surface area contributed by atoms with E-state index < -0.39 is 12.0 Å². The second-order valence-corrected chi connectivity index (χ2v) is 2.54. The van der Waals surface area contributed by atoms with Crippen LogP contribution in [0, 0.1) is 0 Å². The second kappa shape index (κ2) is 8.77. The first-order valence-corrected chi connectivity index (χ1v) is 3.81. The van der Waals surface area contributed by atoms with Crippen molar-refractivity contribution in [3.05, 3.63) is 0 Å². The van der Waals surface area contributed by atoms with Crippen LogP contribution in [0.15, 0.2) is 0 Å². The lowest BCUT2D eigenvalue weighted by molar-refractivity contribution is -0.138. The van der Waals surface area contributed by atoms with Gasteiger partial charge in [-0.1, -0.05) is 6.42 Å². The molecule has 74 valence electrons. The van der Waals surface area contributed by atoms with Crippen LogP contribution in [0.1, 0.15) is 19.3 Å². The minimum atomic E-state index is -0.908. The number of nitrogens with one attached hydrogen (secondary N) is 1. The van der Waals surface area contributed by atoms with Crippen LogP contribution in [0.5, 0.6) is 0 Å². The standard InChI is InChI=1S/C7H16N2O2.ClH/c1-9-5-3-2-4-6(8)7(10)11;/h6,9H,2-5,8H2,1H3,(H,10,11);1H. The summed E-state index contributed by atoms with van der Waals surface area (Å²) in [5.41, 5.74) is 5.28. The molecule has 1 atom stereocenters. The summed E-state index contributed by atoms with van der Waals surface area (Å²) in [6.07, 6.45) is 2.42. The van der Waals surface area contributed by atoms with Gasteiger partial charge in [-0.25, -0.2) is 0 Å². The van der Waals surface area contributed by atoms with Crippen molar-refractivity contribution in [1.82, 2.24) is 5.32 Å². The van der Waals surface area contributed by atoms with Gasteiger partial charge in [-0.3, -0.25) is 4.79 Å². The van der Waals surface area contributed by atoms with Crippen molar-refractivity contribution in [3.63, 3.8) is 0 Å². The Morgan fingerprint density at radius 1 is 1.58 bits per heavy atom. The normalized spacial score (nSPS) is 11.8. The molecule has 5 heteroatoms. The predicted octanol–water partition coefficient (Wildman–Crippen LogP) is 0.210. The molecule has 0 saturated heterocycles. The topological polar surface area (TPSA) is 75.3 Å². The van der Waals surface area contributed by atoms with E-state index in [4.69, 9.17) is 10.8 Å². The minimum Gasteiger partial charge on any atom is -0.480 e. The van der Waals surface area contributed by atoms with Gasteiger partial charge in [-0.15, -0.1) is 12.4 Å². The van der Waals surface area contributed by atoms with Gasteiger partial charge >= 0.3 is 5.97 Å². The first-order valence-electron chi connectivity index (χ1n) is 3.81. The SMILES string of the molecule is CNCCCCC(N)C(=O)O.Cl. The molecule has 0 aliphatic heterocycles. The predicted molar refractivity (Wildman–Crippen MR) is 50.6 cm³/mol. The highest BCUT2D eigenvalue weighted by Gasteiger charge is 2.09. The monoisotopic (exact) mass is 196 g/mol. The molecule has 4 nitrogen and oxygen atoms in total. The number of carboxylic acid groups (broad SMARTS) is 1. The lowest BCUT2D eigenvalue weighted by Crippen LogP contribution is -2.29. The van der Waals surface area contributed by atoms with Gasteiger partial charge in [0, 0.05) is 0 Å². The quantitative estimate of drug-likeness (QED) is 0.531. The zero-order valence-electron chi connectivity index (χ0n) is 7.25. The molecule has 0 aromatic rings. The van der Waals surface area contributed by atoms with Crippen LogP contribution in [0.4, 0.5) is 0 Å². The Labute approximate surface area is 78.9 Å². The number of carboxylic acids is 1. The maximum Gasteiger partial charge on any atom is 0.320 e. The summed E-state index contributed by atoms with van der Waals surface area (Å²) in [7, 11) is 1.87.